The van der Waals surface area contributed by atoms with Gasteiger partial charge >= 0.3 is 0 Å². The highest BCUT2D eigenvalue weighted by molar-refractivity contribution is 7.92. The number of ether oxygens (including phenoxy) is 2. The van der Waals surface area contributed by atoms with Crippen molar-refractivity contribution in [3.63, 3.8) is 0 Å². The van der Waals surface area contributed by atoms with E-state index >= 15 is 0 Å². The van der Waals surface area contributed by atoms with Gasteiger partial charge in [0.2, 0.25) is 10.0 Å². The highest BCUT2D eigenvalue weighted by Gasteiger charge is 2.24. The molecule has 0 bridgehead atoms. The predicted molar refractivity (Wildman–Crippen MR) is 119 cm³/mol. The van der Waals surface area contributed by atoms with E-state index in [4.69, 9.17) is 14.5 Å². The van der Waals surface area contributed by atoms with Gasteiger partial charge in [0.15, 0.2) is 16.6 Å². The van der Waals surface area contributed by atoms with Crippen LogP contribution in [-0.4, -0.2) is 39.4 Å². The van der Waals surface area contributed by atoms with Crippen molar-refractivity contribution in [2.24, 2.45) is 0 Å². The number of nitrogens with zero attached hydrogens (tertiary/aromatic N) is 2. The number of sulfonamides is 1. The lowest BCUT2D eigenvalue weighted by atomic mass is 10.00. The Morgan fingerprint density at radius 2 is 1.93 bits per heavy atom. The molecule has 2 aliphatic rings. The SMILES string of the molecule is CS(=O)(=O)N1CCCc2cc(-c3csc(Nc4ccc5c(c4)OCCO5)n3)ccc21. The van der Waals surface area contributed by atoms with E-state index in [1.54, 1.807) is 0 Å². The first-order valence-electron chi connectivity index (χ1n) is 9.70. The van der Waals surface area contributed by atoms with E-state index in [0.29, 0.717) is 19.8 Å². The molecule has 1 N–H and O–H groups in total. The maximum atomic E-state index is 12.1. The molecule has 0 amide bonds. The average molecular weight is 444 g/mol. The van der Waals surface area contributed by atoms with Crippen molar-refractivity contribution < 1.29 is 17.9 Å². The summed E-state index contributed by atoms with van der Waals surface area (Å²) in [5, 5.41) is 6.09. The van der Waals surface area contributed by atoms with Gasteiger partial charge in [0.05, 0.1) is 17.6 Å². The number of aryl methyl sites for hydroxylation is 1. The Morgan fingerprint density at radius 1 is 1.10 bits per heavy atom. The number of aromatic nitrogens is 1. The highest BCUT2D eigenvalue weighted by Crippen LogP contribution is 2.36. The molecule has 30 heavy (non-hydrogen) atoms. The van der Waals surface area contributed by atoms with Crippen LogP contribution in [0.3, 0.4) is 0 Å². The Morgan fingerprint density at radius 3 is 2.77 bits per heavy atom. The van der Waals surface area contributed by atoms with Crippen molar-refractivity contribution in [1.82, 2.24) is 4.98 Å². The molecule has 156 valence electrons. The molecule has 5 rings (SSSR count). The van der Waals surface area contributed by atoms with E-state index in [9.17, 15) is 8.42 Å². The van der Waals surface area contributed by atoms with Crippen molar-refractivity contribution >= 4 is 37.9 Å². The summed E-state index contributed by atoms with van der Waals surface area (Å²) < 4.78 is 36.8. The summed E-state index contributed by atoms with van der Waals surface area (Å²) >= 11 is 1.52. The van der Waals surface area contributed by atoms with Crippen LogP contribution in [0.1, 0.15) is 12.0 Å². The van der Waals surface area contributed by atoms with Crippen molar-refractivity contribution in [3.8, 4) is 22.8 Å². The third-order valence-electron chi connectivity index (χ3n) is 5.15. The molecule has 7 nitrogen and oxygen atoms in total. The maximum Gasteiger partial charge on any atom is 0.232 e. The molecule has 0 radical (unpaired) electrons. The number of benzene rings is 2. The lowest BCUT2D eigenvalue weighted by Crippen LogP contribution is -2.34. The quantitative estimate of drug-likeness (QED) is 0.656. The second-order valence-electron chi connectivity index (χ2n) is 7.30. The number of nitrogens with one attached hydrogen (secondary N) is 1. The standard InChI is InChI=1S/C21H21N3O4S2/c1-30(25,26)24-8-2-3-15-11-14(4-6-18(15)24)17-13-29-21(23-17)22-16-5-7-19-20(12-16)28-10-9-27-19/h4-7,11-13H,2-3,8-10H2,1H3,(H,22,23). The van der Waals surface area contributed by atoms with Crippen LogP contribution in [-0.2, 0) is 16.4 Å². The molecule has 9 heteroatoms. The topological polar surface area (TPSA) is 80.8 Å². The molecular weight excluding hydrogens is 422 g/mol. The van der Waals surface area contributed by atoms with Crippen molar-refractivity contribution in [2.75, 3.05) is 35.6 Å². The van der Waals surface area contributed by atoms with E-state index in [-0.39, 0.29) is 0 Å². The van der Waals surface area contributed by atoms with Crippen LogP contribution in [0.4, 0.5) is 16.5 Å². The fourth-order valence-corrected chi connectivity index (χ4v) is 5.51. The largest absolute Gasteiger partial charge is 0.486 e. The average Bonchev–Trinajstić information content (AvgIpc) is 3.20. The summed E-state index contributed by atoms with van der Waals surface area (Å²) in [7, 11) is -3.26. The van der Waals surface area contributed by atoms with Crippen LogP contribution in [0.2, 0.25) is 0 Å². The first kappa shape index (κ1) is 19.2. The Labute approximate surface area is 179 Å². The highest BCUT2D eigenvalue weighted by atomic mass is 32.2. The predicted octanol–water partition coefficient (Wildman–Crippen LogP) is 4.04. The minimum atomic E-state index is -3.26. The Hall–Kier alpha value is -2.78. The van der Waals surface area contributed by atoms with Crippen LogP contribution < -0.4 is 19.1 Å². The molecule has 2 aromatic carbocycles. The molecule has 3 heterocycles. The van der Waals surface area contributed by atoms with Crippen LogP contribution in [0.25, 0.3) is 11.3 Å². The van der Waals surface area contributed by atoms with Gasteiger partial charge in [-0.05, 0) is 42.7 Å². The van der Waals surface area contributed by atoms with Gasteiger partial charge in [-0.1, -0.05) is 6.07 Å². The van der Waals surface area contributed by atoms with Crippen molar-refractivity contribution in [1.29, 1.82) is 0 Å². The van der Waals surface area contributed by atoms with Crippen LogP contribution >= 0.6 is 11.3 Å². The molecule has 0 aliphatic carbocycles. The van der Waals surface area contributed by atoms with E-state index < -0.39 is 10.0 Å². The molecule has 0 saturated heterocycles. The number of hydrogen-bond donors (Lipinski definition) is 1. The van der Waals surface area contributed by atoms with Gasteiger partial charge in [0, 0.05) is 29.2 Å². The fraction of sp³-hybridized carbons (Fsp3) is 0.286. The van der Waals surface area contributed by atoms with Crippen LogP contribution in [0.5, 0.6) is 11.5 Å². The summed E-state index contributed by atoms with van der Waals surface area (Å²) in [4.78, 5) is 4.71. The number of anilines is 3. The number of thiazole rings is 1. The van der Waals surface area contributed by atoms with Gasteiger partial charge in [-0.15, -0.1) is 11.3 Å². The van der Waals surface area contributed by atoms with E-state index in [1.807, 2.05) is 35.7 Å². The Bertz CT molecular complexity index is 1210. The number of hydrogen-bond acceptors (Lipinski definition) is 7. The molecule has 0 atom stereocenters. The molecule has 3 aromatic rings. The maximum absolute atomic E-state index is 12.1. The summed E-state index contributed by atoms with van der Waals surface area (Å²) in [5.41, 5.74) is 4.54. The lowest BCUT2D eigenvalue weighted by molar-refractivity contribution is 0.171. The third-order valence-corrected chi connectivity index (χ3v) is 7.09. The summed E-state index contributed by atoms with van der Waals surface area (Å²) in [6.45, 7) is 1.65. The zero-order chi connectivity index (χ0) is 20.7. The summed E-state index contributed by atoms with van der Waals surface area (Å²) in [5.74, 6) is 1.48. The molecule has 0 spiro atoms. The Balaban J connectivity index is 1.38. The monoisotopic (exact) mass is 443 g/mol. The summed E-state index contributed by atoms with van der Waals surface area (Å²) in [6, 6.07) is 11.6. The van der Waals surface area contributed by atoms with Gasteiger partial charge in [-0.2, -0.15) is 0 Å². The summed E-state index contributed by atoms with van der Waals surface area (Å²) in [6.07, 6.45) is 2.94. The minimum absolute atomic E-state index is 0.533. The van der Waals surface area contributed by atoms with Crippen molar-refractivity contribution in [2.45, 2.75) is 12.8 Å². The second-order valence-corrected chi connectivity index (χ2v) is 10.1. The Kier molecular flexibility index (Phi) is 4.79. The van der Waals surface area contributed by atoms with Crippen LogP contribution in [0.15, 0.2) is 41.8 Å². The number of fused-ring (bicyclic) bond motifs is 2. The van der Waals surface area contributed by atoms with Crippen molar-refractivity contribution in [3.05, 3.63) is 47.3 Å². The molecule has 2 aliphatic heterocycles. The van der Waals surface area contributed by atoms with Gasteiger partial charge < -0.3 is 14.8 Å². The first-order chi connectivity index (χ1) is 14.5. The zero-order valence-corrected chi connectivity index (χ0v) is 18.1. The van der Waals surface area contributed by atoms with Gasteiger partial charge in [-0.25, -0.2) is 13.4 Å². The fourth-order valence-electron chi connectivity index (χ4n) is 3.77. The second kappa shape index (κ2) is 7.48. The third kappa shape index (κ3) is 3.70. The number of rotatable bonds is 4. The minimum Gasteiger partial charge on any atom is -0.486 e. The van der Waals surface area contributed by atoms with Crippen LogP contribution in [0, 0.1) is 0 Å². The molecule has 0 saturated carbocycles. The molecular formula is C21H21N3O4S2. The molecule has 0 unspecified atom stereocenters. The van der Waals surface area contributed by atoms with E-state index in [2.05, 4.69) is 11.4 Å². The van der Waals surface area contributed by atoms with E-state index in [1.165, 1.54) is 21.9 Å². The van der Waals surface area contributed by atoms with Gasteiger partial charge in [-0.3, -0.25) is 4.31 Å². The van der Waals surface area contributed by atoms with Gasteiger partial charge in [0.1, 0.15) is 13.2 Å². The molecule has 0 fully saturated rings. The van der Waals surface area contributed by atoms with E-state index in [0.717, 1.165) is 57.7 Å². The van der Waals surface area contributed by atoms with Gasteiger partial charge in [0.25, 0.3) is 0 Å². The molecule has 1 aromatic heterocycles. The lowest BCUT2D eigenvalue weighted by Gasteiger charge is -2.29. The normalized spacial score (nSPS) is 15.6. The zero-order valence-electron chi connectivity index (χ0n) is 16.4. The first-order valence-corrected chi connectivity index (χ1v) is 12.4. The smallest absolute Gasteiger partial charge is 0.232 e.